The molecular weight excluding hydrogens is 324 g/mol. The lowest BCUT2D eigenvalue weighted by Crippen LogP contribution is -2.12. The van der Waals surface area contributed by atoms with E-state index in [1.807, 2.05) is 0 Å². The Morgan fingerprint density at radius 2 is 2.04 bits per heavy atom. The number of benzene rings is 1. The first kappa shape index (κ1) is 16.4. The number of aliphatic carboxylic acids is 1. The Hall–Kier alpha value is -3.48. The van der Waals surface area contributed by atoms with Crippen LogP contribution in [0.15, 0.2) is 42.9 Å². The molecule has 0 bridgehead atoms. The molecule has 2 aromatic heterocycles. The van der Waals surface area contributed by atoms with E-state index in [0.29, 0.717) is 22.0 Å². The summed E-state index contributed by atoms with van der Waals surface area (Å²) in [7, 11) is 0. The molecule has 0 saturated carbocycles. The first-order valence-corrected chi connectivity index (χ1v) is 7.53. The Kier molecular flexibility index (Phi) is 4.30. The van der Waals surface area contributed by atoms with Crippen LogP contribution in [0.2, 0.25) is 0 Å². The number of hydrogen-bond donors (Lipinski definition) is 2. The molecular formula is C18H14N2O5. The maximum atomic E-state index is 12.0. The lowest BCUT2D eigenvalue weighted by atomic mass is 9.98. The van der Waals surface area contributed by atoms with E-state index in [0.717, 1.165) is 0 Å². The molecule has 25 heavy (non-hydrogen) atoms. The minimum Gasteiger partial charge on any atom is -0.475 e. The SMILES string of the molecule is CCOC(=O)c1cncc(-c2cccc3[nH]cc(C(=O)C(=O)O)c23)c1. The number of fused-ring (bicyclic) bond motifs is 1. The Morgan fingerprint density at radius 3 is 2.76 bits per heavy atom. The number of rotatable bonds is 5. The number of aromatic nitrogens is 2. The zero-order valence-electron chi connectivity index (χ0n) is 13.3. The van der Waals surface area contributed by atoms with Gasteiger partial charge in [0.15, 0.2) is 0 Å². The smallest absolute Gasteiger partial charge is 0.377 e. The van der Waals surface area contributed by atoms with Gasteiger partial charge in [-0.15, -0.1) is 0 Å². The van der Waals surface area contributed by atoms with Crippen LogP contribution in [0.1, 0.15) is 27.6 Å². The van der Waals surface area contributed by atoms with E-state index in [4.69, 9.17) is 9.84 Å². The molecule has 0 aliphatic rings. The summed E-state index contributed by atoms with van der Waals surface area (Å²) in [4.78, 5) is 41.9. The van der Waals surface area contributed by atoms with Gasteiger partial charge in [-0.1, -0.05) is 12.1 Å². The molecule has 0 unspecified atom stereocenters. The monoisotopic (exact) mass is 338 g/mol. The second-order valence-electron chi connectivity index (χ2n) is 5.25. The van der Waals surface area contributed by atoms with Crippen molar-refractivity contribution in [3.63, 3.8) is 0 Å². The molecule has 3 aromatic rings. The van der Waals surface area contributed by atoms with Gasteiger partial charge in [0.25, 0.3) is 5.78 Å². The molecule has 0 amide bonds. The number of Topliss-reactive ketones (excluding diaryl/α,β-unsaturated/α-hetero) is 1. The van der Waals surface area contributed by atoms with Gasteiger partial charge >= 0.3 is 11.9 Å². The quantitative estimate of drug-likeness (QED) is 0.420. The van der Waals surface area contributed by atoms with Crippen molar-refractivity contribution >= 4 is 28.6 Å². The van der Waals surface area contributed by atoms with E-state index in [1.165, 1.54) is 12.4 Å². The van der Waals surface area contributed by atoms with Crippen LogP contribution >= 0.6 is 0 Å². The fourth-order valence-electron chi connectivity index (χ4n) is 2.63. The number of nitrogens with zero attached hydrogens (tertiary/aromatic N) is 1. The molecule has 7 nitrogen and oxygen atoms in total. The highest BCUT2D eigenvalue weighted by atomic mass is 16.5. The molecule has 3 rings (SSSR count). The van der Waals surface area contributed by atoms with Gasteiger partial charge in [0.2, 0.25) is 0 Å². The summed E-state index contributed by atoms with van der Waals surface area (Å²) >= 11 is 0. The second-order valence-corrected chi connectivity index (χ2v) is 5.25. The summed E-state index contributed by atoms with van der Waals surface area (Å²) in [5, 5.41) is 9.48. The second kappa shape index (κ2) is 6.56. The van der Waals surface area contributed by atoms with E-state index < -0.39 is 17.7 Å². The average Bonchev–Trinajstić information content (AvgIpc) is 3.05. The van der Waals surface area contributed by atoms with Crippen LogP contribution in [0.5, 0.6) is 0 Å². The van der Waals surface area contributed by atoms with Gasteiger partial charge in [-0.05, 0) is 24.6 Å². The van der Waals surface area contributed by atoms with Gasteiger partial charge in [-0.25, -0.2) is 9.59 Å². The molecule has 0 aliphatic carbocycles. The maximum absolute atomic E-state index is 12.0. The summed E-state index contributed by atoms with van der Waals surface area (Å²) < 4.78 is 4.97. The highest BCUT2D eigenvalue weighted by Gasteiger charge is 2.21. The van der Waals surface area contributed by atoms with E-state index in [-0.39, 0.29) is 17.7 Å². The predicted octanol–water partition coefficient (Wildman–Crippen LogP) is 2.67. The first-order chi connectivity index (χ1) is 12.0. The van der Waals surface area contributed by atoms with Crippen LogP contribution in [-0.2, 0) is 9.53 Å². The van der Waals surface area contributed by atoms with E-state index >= 15 is 0 Å². The van der Waals surface area contributed by atoms with Gasteiger partial charge in [-0.3, -0.25) is 9.78 Å². The molecule has 0 spiro atoms. The highest BCUT2D eigenvalue weighted by molar-refractivity contribution is 6.42. The van der Waals surface area contributed by atoms with Crippen molar-refractivity contribution in [1.29, 1.82) is 0 Å². The van der Waals surface area contributed by atoms with Crippen molar-refractivity contribution in [3.05, 3.63) is 54.0 Å². The molecule has 126 valence electrons. The third-order valence-electron chi connectivity index (χ3n) is 3.71. The van der Waals surface area contributed by atoms with Crippen LogP contribution in [0, 0.1) is 0 Å². The number of H-pyrrole nitrogens is 1. The molecule has 0 aliphatic heterocycles. The molecule has 2 heterocycles. The molecule has 0 atom stereocenters. The standard InChI is InChI=1S/C18H14N2O5/c1-2-25-18(24)11-6-10(7-19-8-11)12-4-3-5-14-15(12)13(9-20-14)16(21)17(22)23/h3-9,20H,2H2,1H3,(H,22,23). The molecule has 7 heteroatoms. The van der Waals surface area contributed by atoms with Crippen molar-refractivity contribution in [2.45, 2.75) is 6.92 Å². The fraction of sp³-hybridized carbons (Fsp3) is 0.111. The number of esters is 1. The van der Waals surface area contributed by atoms with Crippen molar-refractivity contribution in [2.75, 3.05) is 6.61 Å². The summed E-state index contributed by atoms with van der Waals surface area (Å²) in [5.74, 6) is -3.04. The number of aromatic amines is 1. The van der Waals surface area contributed by atoms with Gasteiger partial charge in [-0.2, -0.15) is 0 Å². The predicted molar refractivity (Wildman–Crippen MR) is 89.5 cm³/mol. The molecule has 1 aromatic carbocycles. The van der Waals surface area contributed by atoms with Crippen LogP contribution in [0.25, 0.3) is 22.0 Å². The number of carbonyl (C=O) groups excluding carboxylic acids is 2. The minimum atomic E-state index is -1.53. The van der Waals surface area contributed by atoms with Crippen LogP contribution < -0.4 is 0 Å². The molecule has 0 radical (unpaired) electrons. The van der Waals surface area contributed by atoms with Crippen molar-refractivity contribution in [1.82, 2.24) is 9.97 Å². The largest absolute Gasteiger partial charge is 0.475 e. The zero-order valence-corrected chi connectivity index (χ0v) is 13.3. The van der Waals surface area contributed by atoms with Crippen LogP contribution in [0.3, 0.4) is 0 Å². The zero-order chi connectivity index (χ0) is 18.0. The topological polar surface area (TPSA) is 109 Å². The minimum absolute atomic E-state index is 0.0552. The summed E-state index contributed by atoms with van der Waals surface area (Å²) in [6, 6.07) is 6.84. The Morgan fingerprint density at radius 1 is 1.24 bits per heavy atom. The normalized spacial score (nSPS) is 10.6. The molecule has 0 saturated heterocycles. The van der Waals surface area contributed by atoms with E-state index in [1.54, 1.807) is 37.4 Å². The van der Waals surface area contributed by atoms with E-state index in [2.05, 4.69) is 9.97 Å². The third kappa shape index (κ3) is 2.99. The van der Waals surface area contributed by atoms with Gasteiger partial charge in [0, 0.05) is 35.1 Å². The fourth-order valence-corrected chi connectivity index (χ4v) is 2.63. The van der Waals surface area contributed by atoms with Gasteiger partial charge in [0.05, 0.1) is 17.7 Å². The van der Waals surface area contributed by atoms with Crippen LogP contribution in [0.4, 0.5) is 0 Å². The number of ketones is 1. The summed E-state index contributed by atoms with van der Waals surface area (Å²) in [5.41, 5.74) is 2.12. The number of carboxylic acids is 1. The molecule has 0 fully saturated rings. The lowest BCUT2D eigenvalue weighted by Gasteiger charge is -2.07. The number of pyridine rings is 1. The summed E-state index contributed by atoms with van der Waals surface area (Å²) in [6.07, 6.45) is 4.30. The van der Waals surface area contributed by atoms with Crippen molar-refractivity contribution in [2.24, 2.45) is 0 Å². The number of hydrogen-bond acceptors (Lipinski definition) is 5. The Bertz CT molecular complexity index is 990. The Labute approximate surface area is 142 Å². The number of nitrogens with one attached hydrogen (secondary N) is 1. The maximum Gasteiger partial charge on any atom is 0.377 e. The van der Waals surface area contributed by atoms with Crippen molar-refractivity contribution < 1.29 is 24.2 Å². The van der Waals surface area contributed by atoms with Gasteiger partial charge in [0.1, 0.15) is 0 Å². The number of ether oxygens (including phenoxy) is 1. The summed E-state index contributed by atoms with van der Waals surface area (Å²) in [6.45, 7) is 1.95. The van der Waals surface area contributed by atoms with E-state index in [9.17, 15) is 14.4 Å². The van der Waals surface area contributed by atoms with Gasteiger partial charge < -0.3 is 14.8 Å². The average molecular weight is 338 g/mol. The molecule has 2 N–H and O–H groups in total. The highest BCUT2D eigenvalue weighted by Crippen LogP contribution is 2.31. The Balaban J connectivity index is 2.18. The number of carboxylic acid groups (broad SMARTS) is 1. The van der Waals surface area contributed by atoms with Crippen LogP contribution in [-0.4, -0.2) is 39.4 Å². The third-order valence-corrected chi connectivity index (χ3v) is 3.71. The number of carbonyl (C=O) groups is 3. The van der Waals surface area contributed by atoms with Crippen molar-refractivity contribution in [3.8, 4) is 11.1 Å². The lowest BCUT2D eigenvalue weighted by molar-refractivity contribution is -0.131. The first-order valence-electron chi connectivity index (χ1n) is 7.53.